The summed E-state index contributed by atoms with van der Waals surface area (Å²) < 4.78 is 5.09. The van der Waals surface area contributed by atoms with E-state index in [2.05, 4.69) is 17.1 Å². The van der Waals surface area contributed by atoms with Crippen molar-refractivity contribution in [3.05, 3.63) is 34.1 Å². The van der Waals surface area contributed by atoms with Crippen molar-refractivity contribution < 1.29 is 4.52 Å². The van der Waals surface area contributed by atoms with Crippen molar-refractivity contribution >= 4 is 11.3 Å². The van der Waals surface area contributed by atoms with E-state index in [1.807, 2.05) is 16.8 Å². The lowest BCUT2D eigenvalue weighted by Crippen LogP contribution is -2.12. The van der Waals surface area contributed by atoms with Crippen LogP contribution >= 0.6 is 11.3 Å². The molecule has 0 saturated carbocycles. The van der Waals surface area contributed by atoms with Crippen LogP contribution in [0.1, 0.15) is 36.7 Å². The average molecular weight is 223 g/mol. The van der Waals surface area contributed by atoms with Gasteiger partial charge in [-0.1, -0.05) is 12.1 Å². The monoisotopic (exact) mass is 223 g/mol. The fourth-order valence-corrected chi connectivity index (χ4v) is 2.01. The number of nitrogens with two attached hydrogens (primary N) is 1. The molecule has 0 aromatic carbocycles. The second-order valence-corrected chi connectivity index (χ2v) is 4.11. The van der Waals surface area contributed by atoms with Gasteiger partial charge in [0.05, 0.1) is 6.04 Å². The molecule has 2 rings (SSSR count). The van der Waals surface area contributed by atoms with E-state index < -0.39 is 0 Å². The van der Waals surface area contributed by atoms with Crippen LogP contribution in [0.15, 0.2) is 21.3 Å². The molecule has 4 nitrogen and oxygen atoms in total. The Hall–Kier alpha value is -1.20. The van der Waals surface area contributed by atoms with Crippen LogP contribution in [0.25, 0.3) is 0 Å². The maximum absolute atomic E-state index is 5.99. The van der Waals surface area contributed by atoms with Gasteiger partial charge in [-0.05, 0) is 28.8 Å². The van der Waals surface area contributed by atoms with E-state index in [-0.39, 0.29) is 6.04 Å². The zero-order valence-corrected chi connectivity index (χ0v) is 9.33. The first-order valence-corrected chi connectivity index (χ1v) is 5.85. The molecule has 15 heavy (non-hydrogen) atoms. The molecular formula is C10H13N3OS. The molecule has 0 aliphatic heterocycles. The van der Waals surface area contributed by atoms with Gasteiger partial charge >= 0.3 is 0 Å². The van der Waals surface area contributed by atoms with Crippen LogP contribution in [0.3, 0.4) is 0 Å². The van der Waals surface area contributed by atoms with E-state index in [1.54, 1.807) is 11.3 Å². The highest BCUT2D eigenvalue weighted by atomic mass is 32.1. The number of hydrogen-bond acceptors (Lipinski definition) is 5. The van der Waals surface area contributed by atoms with Gasteiger partial charge in [0.25, 0.3) is 0 Å². The van der Waals surface area contributed by atoms with E-state index in [4.69, 9.17) is 10.3 Å². The number of rotatable bonds is 4. The number of aryl methyl sites for hydroxylation is 1. The summed E-state index contributed by atoms with van der Waals surface area (Å²) in [5, 5.41) is 7.87. The van der Waals surface area contributed by atoms with Crippen LogP contribution in [0.4, 0.5) is 0 Å². The Labute approximate surface area is 92.1 Å². The molecule has 0 saturated heterocycles. The second-order valence-electron chi connectivity index (χ2n) is 3.33. The third-order valence-corrected chi connectivity index (χ3v) is 2.83. The van der Waals surface area contributed by atoms with E-state index in [1.165, 1.54) is 0 Å². The lowest BCUT2D eigenvalue weighted by molar-refractivity contribution is 0.370. The number of hydrogen-bond donors (Lipinski definition) is 1. The molecular weight excluding hydrogens is 210 g/mol. The number of thiophene rings is 1. The smallest absolute Gasteiger partial charge is 0.226 e. The molecule has 2 aromatic rings. The summed E-state index contributed by atoms with van der Waals surface area (Å²) in [5.74, 6) is 1.23. The highest BCUT2D eigenvalue weighted by molar-refractivity contribution is 7.07. The van der Waals surface area contributed by atoms with Crippen molar-refractivity contribution in [3.63, 3.8) is 0 Å². The molecule has 0 fully saturated rings. The Morgan fingerprint density at radius 3 is 3.13 bits per heavy atom. The van der Waals surface area contributed by atoms with Gasteiger partial charge in [0.2, 0.25) is 5.89 Å². The van der Waals surface area contributed by atoms with E-state index in [0.29, 0.717) is 11.7 Å². The summed E-state index contributed by atoms with van der Waals surface area (Å²) in [6.07, 6.45) is 1.80. The van der Waals surface area contributed by atoms with Gasteiger partial charge in [-0.15, -0.1) is 0 Å². The maximum atomic E-state index is 5.99. The van der Waals surface area contributed by atoms with Crippen molar-refractivity contribution in [2.75, 3.05) is 0 Å². The van der Waals surface area contributed by atoms with Crippen LogP contribution in [-0.2, 0) is 6.42 Å². The second kappa shape index (κ2) is 4.55. The Bertz CT molecular complexity index is 410. The van der Waals surface area contributed by atoms with Gasteiger partial charge in [-0.3, -0.25) is 0 Å². The Kier molecular flexibility index (Phi) is 3.13. The summed E-state index contributed by atoms with van der Waals surface area (Å²) in [6.45, 7) is 2.07. The first kappa shape index (κ1) is 10.3. The van der Waals surface area contributed by atoms with E-state index >= 15 is 0 Å². The molecule has 1 atom stereocenters. The summed E-state index contributed by atoms with van der Waals surface area (Å²) in [6, 6.07) is 1.70. The molecule has 2 heterocycles. The van der Waals surface area contributed by atoms with E-state index in [9.17, 15) is 0 Å². The molecule has 80 valence electrons. The topological polar surface area (TPSA) is 64.9 Å². The molecule has 0 spiro atoms. The molecule has 2 aromatic heterocycles. The first-order chi connectivity index (χ1) is 7.31. The standard InChI is InChI=1S/C10H13N3OS/c1-2-3-8-12-10(13-14-8)9(11)7-4-5-15-6-7/h4-6,9H,2-3,11H2,1H3. The normalized spacial score (nSPS) is 12.9. The van der Waals surface area contributed by atoms with Gasteiger partial charge in [0.1, 0.15) is 0 Å². The largest absolute Gasteiger partial charge is 0.339 e. The van der Waals surface area contributed by atoms with Crippen LogP contribution in [0.5, 0.6) is 0 Å². The minimum atomic E-state index is -0.273. The molecule has 5 heteroatoms. The third-order valence-electron chi connectivity index (χ3n) is 2.13. The molecule has 1 unspecified atom stereocenters. The van der Waals surface area contributed by atoms with Crippen molar-refractivity contribution in [2.45, 2.75) is 25.8 Å². The van der Waals surface area contributed by atoms with Crippen LogP contribution in [0, 0.1) is 0 Å². The van der Waals surface area contributed by atoms with Gasteiger partial charge in [-0.2, -0.15) is 16.3 Å². The summed E-state index contributed by atoms with van der Waals surface area (Å²) in [7, 11) is 0. The van der Waals surface area contributed by atoms with Gasteiger partial charge < -0.3 is 10.3 Å². The summed E-state index contributed by atoms with van der Waals surface area (Å²) in [5.41, 5.74) is 7.02. The zero-order valence-electron chi connectivity index (χ0n) is 8.51. The minimum Gasteiger partial charge on any atom is -0.339 e. The summed E-state index contributed by atoms with van der Waals surface area (Å²) >= 11 is 1.61. The fraction of sp³-hybridized carbons (Fsp3) is 0.400. The molecule has 0 amide bonds. The van der Waals surface area contributed by atoms with Crippen LogP contribution in [-0.4, -0.2) is 10.1 Å². The predicted octanol–water partition coefficient (Wildman–Crippen LogP) is 2.13. The van der Waals surface area contributed by atoms with Crippen molar-refractivity contribution in [3.8, 4) is 0 Å². The molecule has 2 N–H and O–H groups in total. The zero-order chi connectivity index (χ0) is 10.7. The highest BCUT2D eigenvalue weighted by Gasteiger charge is 2.15. The van der Waals surface area contributed by atoms with Crippen LogP contribution in [0.2, 0.25) is 0 Å². The number of aromatic nitrogens is 2. The van der Waals surface area contributed by atoms with Crippen molar-refractivity contribution in [1.82, 2.24) is 10.1 Å². The lowest BCUT2D eigenvalue weighted by atomic mass is 10.1. The Balaban J connectivity index is 2.15. The number of nitrogens with zero attached hydrogens (tertiary/aromatic N) is 2. The highest BCUT2D eigenvalue weighted by Crippen LogP contribution is 2.19. The molecule has 0 aliphatic carbocycles. The van der Waals surface area contributed by atoms with Crippen LogP contribution < -0.4 is 5.73 Å². The Morgan fingerprint density at radius 2 is 2.47 bits per heavy atom. The maximum Gasteiger partial charge on any atom is 0.226 e. The minimum absolute atomic E-state index is 0.273. The SMILES string of the molecule is CCCc1nc(C(N)c2ccsc2)no1. The molecule has 0 aliphatic rings. The molecule has 0 bridgehead atoms. The van der Waals surface area contributed by atoms with Gasteiger partial charge in [0, 0.05) is 6.42 Å². The van der Waals surface area contributed by atoms with Gasteiger partial charge in [-0.25, -0.2) is 0 Å². The van der Waals surface area contributed by atoms with Gasteiger partial charge in [0.15, 0.2) is 5.82 Å². The third kappa shape index (κ3) is 2.24. The Morgan fingerprint density at radius 1 is 1.60 bits per heavy atom. The lowest BCUT2D eigenvalue weighted by Gasteiger charge is -2.02. The van der Waals surface area contributed by atoms with Crippen molar-refractivity contribution in [2.24, 2.45) is 5.73 Å². The molecule has 0 radical (unpaired) electrons. The van der Waals surface area contributed by atoms with Crippen molar-refractivity contribution in [1.29, 1.82) is 0 Å². The fourth-order valence-electron chi connectivity index (χ4n) is 1.31. The first-order valence-electron chi connectivity index (χ1n) is 4.91. The average Bonchev–Trinajstić information content (AvgIpc) is 2.87. The van der Waals surface area contributed by atoms with E-state index in [0.717, 1.165) is 18.4 Å². The quantitative estimate of drug-likeness (QED) is 0.862. The summed E-state index contributed by atoms with van der Waals surface area (Å²) in [4.78, 5) is 4.26. The predicted molar refractivity (Wildman–Crippen MR) is 58.6 cm³/mol.